The van der Waals surface area contributed by atoms with E-state index in [9.17, 15) is 0 Å². The number of nitrogens with zero attached hydrogens (tertiary/aromatic N) is 1. The molecule has 2 rings (SSSR count). The second-order valence-corrected chi connectivity index (χ2v) is 6.23. The van der Waals surface area contributed by atoms with Crippen LogP contribution in [0.3, 0.4) is 0 Å². The summed E-state index contributed by atoms with van der Waals surface area (Å²) in [6.45, 7) is 8.98. The fraction of sp³-hybridized carbons (Fsp3) is 0.647. The molecule has 0 radical (unpaired) electrons. The molecule has 1 aliphatic heterocycles. The average molecular weight is 295 g/mol. The van der Waals surface area contributed by atoms with Crippen LogP contribution in [0, 0.1) is 6.92 Å². The van der Waals surface area contributed by atoms with Crippen LogP contribution in [0.1, 0.15) is 49.8 Å². The van der Waals surface area contributed by atoms with Crippen LogP contribution in [-0.4, -0.2) is 31.1 Å². The van der Waals surface area contributed by atoms with Crippen LogP contribution < -0.4 is 5.32 Å². The van der Waals surface area contributed by atoms with Gasteiger partial charge in [0.2, 0.25) is 0 Å². The molecule has 0 aliphatic carbocycles. The van der Waals surface area contributed by atoms with E-state index in [1.54, 1.807) is 0 Å². The highest BCUT2D eigenvalue weighted by Crippen LogP contribution is 2.30. The van der Waals surface area contributed by atoms with Gasteiger partial charge < -0.3 is 5.32 Å². The summed E-state index contributed by atoms with van der Waals surface area (Å²) in [5, 5.41) is 4.30. The smallest absolute Gasteiger partial charge is 0.0408 e. The van der Waals surface area contributed by atoms with Crippen LogP contribution in [0.2, 0.25) is 5.02 Å². The van der Waals surface area contributed by atoms with E-state index in [0.29, 0.717) is 6.04 Å². The summed E-state index contributed by atoms with van der Waals surface area (Å²) < 4.78 is 0. The molecule has 1 aromatic carbocycles. The second kappa shape index (κ2) is 8.02. The summed E-state index contributed by atoms with van der Waals surface area (Å²) >= 11 is 6.11. The predicted molar refractivity (Wildman–Crippen MR) is 87.5 cm³/mol. The number of hydrogen-bond acceptors (Lipinski definition) is 2. The van der Waals surface area contributed by atoms with Gasteiger partial charge in [0, 0.05) is 37.2 Å². The Kier molecular flexibility index (Phi) is 6.34. The molecule has 0 amide bonds. The van der Waals surface area contributed by atoms with Gasteiger partial charge in [0.15, 0.2) is 0 Å². The van der Waals surface area contributed by atoms with Gasteiger partial charge in [-0.25, -0.2) is 0 Å². The lowest BCUT2D eigenvalue weighted by atomic mass is 9.94. The van der Waals surface area contributed by atoms with Gasteiger partial charge in [-0.15, -0.1) is 0 Å². The summed E-state index contributed by atoms with van der Waals surface area (Å²) in [5.74, 6) is 0. The topological polar surface area (TPSA) is 15.3 Å². The fourth-order valence-electron chi connectivity index (χ4n) is 3.13. The Bertz CT molecular complexity index is 413. The lowest BCUT2D eigenvalue weighted by Gasteiger charge is -2.36. The first-order valence-corrected chi connectivity index (χ1v) is 8.31. The molecule has 0 bridgehead atoms. The molecule has 0 unspecified atom stereocenters. The van der Waals surface area contributed by atoms with Crippen molar-refractivity contribution in [2.45, 2.75) is 45.6 Å². The number of hydrogen-bond donors (Lipinski definition) is 1. The standard InChI is InChI=1S/C17H27ClN2/c1-3-4-5-6-17(20-11-9-19-10-12-20)16-8-7-15(18)13-14(16)2/h7-8,13,17,19H,3-6,9-12H2,1-2H3/t17-/m1/s1. The normalized spacial score (nSPS) is 18.1. The molecule has 112 valence electrons. The Labute approximate surface area is 128 Å². The Balaban J connectivity index is 2.15. The summed E-state index contributed by atoms with van der Waals surface area (Å²) in [6.07, 6.45) is 5.19. The molecule has 0 saturated carbocycles. The maximum absolute atomic E-state index is 6.11. The van der Waals surface area contributed by atoms with E-state index in [1.165, 1.54) is 36.8 Å². The minimum atomic E-state index is 0.556. The van der Waals surface area contributed by atoms with Crippen molar-refractivity contribution < 1.29 is 0 Å². The molecule has 1 saturated heterocycles. The lowest BCUT2D eigenvalue weighted by molar-refractivity contribution is 0.162. The molecular weight excluding hydrogens is 268 g/mol. The van der Waals surface area contributed by atoms with Gasteiger partial charge >= 0.3 is 0 Å². The number of rotatable bonds is 6. The summed E-state index contributed by atoms with van der Waals surface area (Å²) in [4.78, 5) is 2.64. The van der Waals surface area contributed by atoms with E-state index in [2.05, 4.69) is 36.2 Å². The largest absolute Gasteiger partial charge is 0.314 e. The molecule has 20 heavy (non-hydrogen) atoms. The van der Waals surface area contributed by atoms with Gasteiger partial charge in [-0.2, -0.15) is 0 Å². The maximum atomic E-state index is 6.11. The highest BCUT2D eigenvalue weighted by atomic mass is 35.5. The molecule has 1 N–H and O–H groups in total. The van der Waals surface area contributed by atoms with Crippen molar-refractivity contribution in [2.75, 3.05) is 26.2 Å². The zero-order valence-electron chi connectivity index (χ0n) is 12.8. The lowest BCUT2D eigenvalue weighted by Crippen LogP contribution is -2.45. The molecule has 1 aliphatic rings. The van der Waals surface area contributed by atoms with E-state index < -0.39 is 0 Å². The summed E-state index contributed by atoms with van der Waals surface area (Å²) in [7, 11) is 0. The number of unbranched alkanes of at least 4 members (excludes halogenated alkanes) is 2. The highest BCUT2D eigenvalue weighted by molar-refractivity contribution is 6.30. The van der Waals surface area contributed by atoms with Crippen molar-refractivity contribution >= 4 is 11.6 Å². The third kappa shape index (κ3) is 4.21. The molecule has 2 nitrogen and oxygen atoms in total. The maximum Gasteiger partial charge on any atom is 0.0408 e. The fourth-order valence-corrected chi connectivity index (χ4v) is 3.36. The van der Waals surface area contributed by atoms with E-state index in [4.69, 9.17) is 11.6 Å². The van der Waals surface area contributed by atoms with Crippen molar-refractivity contribution in [3.8, 4) is 0 Å². The van der Waals surface area contributed by atoms with Crippen molar-refractivity contribution in [2.24, 2.45) is 0 Å². The summed E-state index contributed by atoms with van der Waals surface area (Å²) in [6, 6.07) is 6.93. The molecule has 1 fully saturated rings. The van der Waals surface area contributed by atoms with E-state index in [1.807, 2.05) is 6.07 Å². The average Bonchev–Trinajstić information content (AvgIpc) is 2.46. The van der Waals surface area contributed by atoms with Crippen LogP contribution in [0.25, 0.3) is 0 Å². The minimum Gasteiger partial charge on any atom is -0.314 e. The molecule has 3 heteroatoms. The third-order valence-electron chi connectivity index (χ3n) is 4.26. The molecular formula is C17H27ClN2. The predicted octanol–water partition coefficient (Wildman–Crippen LogP) is 4.18. The molecule has 0 spiro atoms. The second-order valence-electron chi connectivity index (χ2n) is 5.80. The molecule has 0 aromatic heterocycles. The SMILES string of the molecule is CCCCC[C@H](c1ccc(Cl)cc1C)N1CCNCC1. The van der Waals surface area contributed by atoms with Gasteiger partial charge in [-0.05, 0) is 36.6 Å². The van der Waals surface area contributed by atoms with Crippen molar-refractivity contribution in [1.29, 1.82) is 0 Å². The number of piperazine rings is 1. The first kappa shape index (κ1) is 15.8. The van der Waals surface area contributed by atoms with Crippen LogP contribution in [0.4, 0.5) is 0 Å². The Morgan fingerprint density at radius 3 is 2.65 bits per heavy atom. The Morgan fingerprint density at radius 1 is 1.25 bits per heavy atom. The minimum absolute atomic E-state index is 0.556. The van der Waals surface area contributed by atoms with Gasteiger partial charge in [0.25, 0.3) is 0 Å². The quantitative estimate of drug-likeness (QED) is 0.792. The molecule has 1 aromatic rings. The van der Waals surface area contributed by atoms with Crippen molar-refractivity contribution in [1.82, 2.24) is 10.2 Å². The Morgan fingerprint density at radius 2 is 2.00 bits per heavy atom. The molecule has 1 heterocycles. The monoisotopic (exact) mass is 294 g/mol. The zero-order chi connectivity index (χ0) is 14.4. The third-order valence-corrected chi connectivity index (χ3v) is 4.50. The van der Waals surface area contributed by atoms with Crippen LogP contribution >= 0.6 is 11.6 Å². The van der Waals surface area contributed by atoms with E-state index >= 15 is 0 Å². The van der Waals surface area contributed by atoms with Gasteiger partial charge in [-0.3, -0.25) is 4.90 Å². The first-order chi connectivity index (χ1) is 9.72. The summed E-state index contributed by atoms with van der Waals surface area (Å²) in [5.41, 5.74) is 2.80. The van der Waals surface area contributed by atoms with Gasteiger partial charge in [-0.1, -0.05) is 43.9 Å². The molecule has 1 atom stereocenters. The van der Waals surface area contributed by atoms with E-state index in [-0.39, 0.29) is 0 Å². The van der Waals surface area contributed by atoms with E-state index in [0.717, 1.165) is 31.2 Å². The van der Waals surface area contributed by atoms with Crippen LogP contribution in [0.15, 0.2) is 18.2 Å². The van der Waals surface area contributed by atoms with Crippen molar-refractivity contribution in [3.05, 3.63) is 34.3 Å². The zero-order valence-corrected chi connectivity index (χ0v) is 13.5. The Hall–Kier alpha value is -0.570. The first-order valence-electron chi connectivity index (χ1n) is 7.93. The van der Waals surface area contributed by atoms with Gasteiger partial charge in [0.05, 0.1) is 0 Å². The number of aryl methyl sites for hydroxylation is 1. The number of halogens is 1. The number of nitrogens with one attached hydrogen (secondary N) is 1. The number of benzene rings is 1. The van der Waals surface area contributed by atoms with Crippen molar-refractivity contribution in [3.63, 3.8) is 0 Å². The van der Waals surface area contributed by atoms with Crippen LogP contribution in [-0.2, 0) is 0 Å². The highest BCUT2D eigenvalue weighted by Gasteiger charge is 2.22. The van der Waals surface area contributed by atoms with Gasteiger partial charge in [0.1, 0.15) is 0 Å². The van der Waals surface area contributed by atoms with Crippen LogP contribution in [0.5, 0.6) is 0 Å².